The number of ether oxygens (including phenoxy) is 1. The van der Waals surface area contributed by atoms with E-state index in [0.717, 1.165) is 43.6 Å². The summed E-state index contributed by atoms with van der Waals surface area (Å²) in [6.07, 6.45) is 6.21. The molecule has 2 aromatic rings. The first-order valence-corrected chi connectivity index (χ1v) is 11.5. The third-order valence-corrected chi connectivity index (χ3v) is 6.84. The van der Waals surface area contributed by atoms with E-state index in [1.165, 1.54) is 0 Å². The van der Waals surface area contributed by atoms with Gasteiger partial charge in [-0.2, -0.15) is 5.26 Å². The van der Waals surface area contributed by atoms with E-state index >= 15 is 0 Å². The number of anilines is 1. The van der Waals surface area contributed by atoms with Gasteiger partial charge in [-0.3, -0.25) is 9.36 Å². The second-order valence-electron chi connectivity index (χ2n) is 8.57. The highest BCUT2D eigenvalue weighted by Gasteiger charge is 2.33. The number of nitrogens with one attached hydrogen (secondary N) is 1. The van der Waals surface area contributed by atoms with Gasteiger partial charge in [-0.15, -0.1) is 0 Å². The Morgan fingerprint density at radius 3 is 2.91 bits per heavy atom. The van der Waals surface area contributed by atoms with Gasteiger partial charge < -0.3 is 19.9 Å². The fourth-order valence-corrected chi connectivity index (χ4v) is 4.88. The van der Waals surface area contributed by atoms with Gasteiger partial charge in [-0.25, -0.2) is 9.97 Å². The maximum absolute atomic E-state index is 12.3. The van der Waals surface area contributed by atoms with Crippen LogP contribution in [0.25, 0.3) is 11.0 Å². The highest BCUT2D eigenvalue weighted by Crippen LogP contribution is 2.30. The van der Waals surface area contributed by atoms with Crippen LogP contribution in [0, 0.1) is 17.2 Å². The summed E-state index contributed by atoms with van der Waals surface area (Å²) in [5.41, 5.74) is 0.710. The first-order valence-electron chi connectivity index (χ1n) is 11.1. The summed E-state index contributed by atoms with van der Waals surface area (Å²) >= 11 is 5.58. The molecule has 0 aliphatic carbocycles. The summed E-state index contributed by atoms with van der Waals surface area (Å²) in [6, 6.07) is 4.01. The average Bonchev–Trinajstić information content (AvgIpc) is 3.24. The molecule has 170 valence electrons. The Bertz CT molecular complexity index is 1030. The van der Waals surface area contributed by atoms with Gasteiger partial charge in [-0.1, -0.05) is 6.92 Å². The number of hydrogen-bond donors (Lipinski definition) is 1. The van der Waals surface area contributed by atoms with Crippen molar-refractivity contribution in [3.05, 3.63) is 18.6 Å². The van der Waals surface area contributed by atoms with E-state index in [-0.39, 0.29) is 24.5 Å². The van der Waals surface area contributed by atoms with Crippen molar-refractivity contribution < 1.29 is 9.53 Å². The van der Waals surface area contributed by atoms with Crippen molar-refractivity contribution in [3.63, 3.8) is 0 Å². The van der Waals surface area contributed by atoms with Crippen LogP contribution in [0.15, 0.2) is 18.6 Å². The molecule has 1 unspecified atom stereocenters. The maximum atomic E-state index is 12.3. The lowest BCUT2D eigenvalue weighted by Gasteiger charge is -2.42. The lowest BCUT2D eigenvalue weighted by molar-refractivity contribution is -0.131. The van der Waals surface area contributed by atoms with Gasteiger partial charge >= 0.3 is 0 Å². The molecule has 0 saturated carbocycles. The number of rotatable bonds is 4. The van der Waals surface area contributed by atoms with Crippen molar-refractivity contribution >= 4 is 40.2 Å². The number of carbonyl (C=O) groups excluding carboxylic acids is 1. The minimum Gasteiger partial charge on any atom is -0.467 e. The second kappa shape index (κ2) is 9.79. The molecular weight excluding hydrogens is 426 g/mol. The quantitative estimate of drug-likeness (QED) is 0.698. The predicted molar refractivity (Wildman–Crippen MR) is 125 cm³/mol. The van der Waals surface area contributed by atoms with Crippen LogP contribution in [0.3, 0.4) is 0 Å². The lowest BCUT2D eigenvalue weighted by Crippen LogP contribution is -2.52. The molecule has 32 heavy (non-hydrogen) atoms. The van der Waals surface area contributed by atoms with Crippen LogP contribution in [-0.2, 0) is 9.53 Å². The van der Waals surface area contributed by atoms with Gasteiger partial charge in [0.25, 0.3) is 5.17 Å². The average molecular weight is 456 g/mol. The zero-order chi connectivity index (χ0) is 22.7. The molecule has 1 amide bonds. The van der Waals surface area contributed by atoms with Crippen molar-refractivity contribution in [2.75, 3.05) is 38.1 Å². The number of likely N-dealkylation sites (tertiary alicyclic amines) is 1. The van der Waals surface area contributed by atoms with E-state index in [1.54, 1.807) is 15.8 Å². The Morgan fingerprint density at radius 1 is 1.38 bits per heavy atom. The molecule has 2 fully saturated rings. The molecule has 9 nitrogen and oxygen atoms in total. The number of hydrogen-bond acceptors (Lipinski definition) is 8. The van der Waals surface area contributed by atoms with Crippen molar-refractivity contribution in [1.29, 1.82) is 5.26 Å². The number of nitriles is 1. The van der Waals surface area contributed by atoms with E-state index in [9.17, 15) is 4.79 Å². The van der Waals surface area contributed by atoms with Crippen molar-refractivity contribution in [2.45, 2.75) is 44.8 Å². The molecular formula is C22H29N7O2S. The topological polar surface area (TPSA) is 99.3 Å². The van der Waals surface area contributed by atoms with Crippen LogP contribution in [0.4, 0.5) is 5.82 Å². The third-order valence-electron chi connectivity index (χ3n) is 6.54. The predicted octanol–water partition coefficient (Wildman–Crippen LogP) is 1.92. The van der Waals surface area contributed by atoms with E-state index in [1.807, 2.05) is 25.4 Å². The monoisotopic (exact) mass is 455 g/mol. The Hall–Kier alpha value is -2.77. The molecule has 10 heteroatoms. The SMILES string of the molecule is C[C@@H]1CCN(C(=O)CC#N)CC1N(C)c1ncnc2c1ccn2C(=S)OC1CCNCC1. The first-order chi connectivity index (χ1) is 15.5. The highest BCUT2D eigenvalue weighted by molar-refractivity contribution is 7.80. The second-order valence-corrected chi connectivity index (χ2v) is 8.92. The number of piperidine rings is 2. The molecule has 2 aromatic heterocycles. The maximum Gasteiger partial charge on any atom is 0.269 e. The number of likely N-dealkylation sites (N-methyl/N-ethyl adjacent to an activating group) is 1. The van der Waals surface area contributed by atoms with E-state index < -0.39 is 0 Å². The zero-order valence-corrected chi connectivity index (χ0v) is 19.3. The number of carbonyl (C=O) groups is 1. The number of nitrogens with zero attached hydrogens (tertiary/aromatic N) is 6. The largest absolute Gasteiger partial charge is 0.467 e. The van der Waals surface area contributed by atoms with Crippen molar-refractivity contribution in [2.24, 2.45) is 5.92 Å². The third kappa shape index (κ3) is 4.54. The fraction of sp³-hybridized carbons (Fsp3) is 0.591. The summed E-state index contributed by atoms with van der Waals surface area (Å²) in [7, 11) is 2.00. The van der Waals surface area contributed by atoms with Crippen LogP contribution in [-0.4, -0.2) is 75.9 Å². The molecule has 0 spiro atoms. The molecule has 0 bridgehead atoms. The molecule has 0 aromatic carbocycles. The lowest BCUT2D eigenvalue weighted by atomic mass is 9.92. The summed E-state index contributed by atoms with van der Waals surface area (Å²) in [5, 5.41) is 13.5. The molecule has 2 saturated heterocycles. The number of fused-ring (bicyclic) bond motifs is 1. The summed E-state index contributed by atoms with van der Waals surface area (Å²) < 4.78 is 7.86. The Labute approximate surface area is 193 Å². The molecule has 4 heterocycles. The minimum atomic E-state index is -0.114. The van der Waals surface area contributed by atoms with Crippen molar-refractivity contribution in [3.8, 4) is 6.07 Å². The summed E-state index contributed by atoms with van der Waals surface area (Å²) in [4.78, 5) is 25.2. The van der Waals surface area contributed by atoms with Crippen LogP contribution in [0.5, 0.6) is 0 Å². The summed E-state index contributed by atoms with van der Waals surface area (Å²) in [5.74, 6) is 1.06. The fourth-order valence-electron chi connectivity index (χ4n) is 4.60. The number of aromatic nitrogens is 3. The van der Waals surface area contributed by atoms with Gasteiger partial charge in [0.15, 0.2) is 5.65 Å². The van der Waals surface area contributed by atoms with Crippen LogP contribution in [0.2, 0.25) is 0 Å². The van der Waals surface area contributed by atoms with Gasteiger partial charge in [0.1, 0.15) is 24.7 Å². The van der Waals surface area contributed by atoms with E-state index in [4.69, 9.17) is 22.2 Å². The number of thiocarbonyl (C=S) groups is 1. The number of amides is 1. The molecule has 0 radical (unpaired) electrons. The Kier molecular flexibility index (Phi) is 6.86. The van der Waals surface area contributed by atoms with Crippen LogP contribution in [0.1, 0.15) is 32.6 Å². The molecule has 2 aliphatic heterocycles. The van der Waals surface area contributed by atoms with Crippen molar-refractivity contribution in [1.82, 2.24) is 24.8 Å². The molecule has 1 N–H and O–H groups in total. The Morgan fingerprint density at radius 2 is 2.16 bits per heavy atom. The van der Waals surface area contributed by atoms with E-state index in [0.29, 0.717) is 29.8 Å². The minimum absolute atomic E-state index is 0.0834. The molecule has 4 rings (SSSR count). The Balaban J connectivity index is 1.55. The van der Waals surface area contributed by atoms with Crippen LogP contribution >= 0.6 is 12.2 Å². The standard InChI is InChI=1S/C22H29N7O2S/c1-15-6-11-28(19(30)3-8-23)13-18(15)27(2)20-17-7-12-29(21(17)26-14-25-20)22(32)31-16-4-9-24-10-5-16/h7,12,14-16,18,24H,3-6,9-11,13H2,1-2H3/t15-,18?/m1/s1. The smallest absolute Gasteiger partial charge is 0.269 e. The van der Waals surface area contributed by atoms with Gasteiger partial charge in [0.05, 0.1) is 17.5 Å². The van der Waals surface area contributed by atoms with Gasteiger partial charge in [0, 0.05) is 26.3 Å². The zero-order valence-electron chi connectivity index (χ0n) is 18.5. The normalized spacial score (nSPS) is 21.8. The molecule has 2 aliphatic rings. The van der Waals surface area contributed by atoms with Gasteiger partial charge in [0.2, 0.25) is 5.91 Å². The first kappa shape index (κ1) is 22.4. The highest BCUT2D eigenvalue weighted by atomic mass is 32.1. The van der Waals surface area contributed by atoms with Crippen LogP contribution < -0.4 is 10.2 Å². The van der Waals surface area contributed by atoms with E-state index in [2.05, 4.69) is 27.1 Å². The summed E-state index contributed by atoms with van der Waals surface area (Å²) in [6.45, 7) is 5.32. The molecule has 2 atom stereocenters. The van der Waals surface area contributed by atoms with Gasteiger partial charge in [-0.05, 0) is 56.6 Å².